The van der Waals surface area contributed by atoms with Crippen molar-refractivity contribution in [1.29, 1.82) is 0 Å². The van der Waals surface area contributed by atoms with E-state index in [-0.39, 0.29) is 10.1 Å². The summed E-state index contributed by atoms with van der Waals surface area (Å²) < 4.78 is 32.7. The maximum absolute atomic E-state index is 12.3. The summed E-state index contributed by atoms with van der Waals surface area (Å²) in [5, 5.41) is 1.71. The number of carbonyl (C=O) groups excluding carboxylic acids is 1. The molecular formula is C15H16N2O4S2. The van der Waals surface area contributed by atoms with Crippen LogP contribution in [0.5, 0.6) is 5.75 Å². The van der Waals surface area contributed by atoms with Crippen molar-refractivity contribution in [3.63, 3.8) is 0 Å². The summed E-state index contributed by atoms with van der Waals surface area (Å²) in [6, 6.07) is 8.14. The van der Waals surface area contributed by atoms with Crippen LogP contribution >= 0.6 is 11.3 Å². The molecule has 3 rings (SSSR count). The van der Waals surface area contributed by atoms with Crippen molar-refractivity contribution in [2.45, 2.75) is 17.1 Å². The predicted octanol–water partition coefficient (Wildman–Crippen LogP) is 2.68. The number of hydrogen-bond donors (Lipinski definition) is 1. The van der Waals surface area contributed by atoms with E-state index in [0.717, 1.165) is 17.8 Å². The van der Waals surface area contributed by atoms with Gasteiger partial charge in [0, 0.05) is 13.0 Å². The zero-order valence-electron chi connectivity index (χ0n) is 12.5. The summed E-state index contributed by atoms with van der Waals surface area (Å²) in [7, 11) is -2.10. The SMILES string of the molecule is COc1ccc(NS(=O)(=O)c2cccs2)cc1N1CCCC1=O. The van der Waals surface area contributed by atoms with E-state index in [9.17, 15) is 13.2 Å². The highest BCUT2D eigenvalue weighted by Crippen LogP contribution is 2.34. The third kappa shape index (κ3) is 3.18. The number of nitrogens with one attached hydrogen (secondary N) is 1. The number of amides is 1. The minimum absolute atomic E-state index is 0.0153. The molecule has 1 aliphatic rings. The van der Waals surface area contributed by atoms with Gasteiger partial charge in [0.15, 0.2) is 0 Å². The molecule has 1 aromatic heterocycles. The Kier molecular flexibility index (Phi) is 4.27. The van der Waals surface area contributed by atoms with Gasteiger partial charge in [-0.2, -0.15) is 0 Å². The van der Waals surface area contributed by atoms with Gasteiger partial charge in [-0.3, -0.25) is 9.52 Å². The van der Waals surface area contributed by atoms with Crippen LogP contribution in [0.4, 0.5) is 11.4 Å². The van der Waals surface area contributed by atoms with Crippen molar-refractivity contribution in [2.24, 2.45) is 0 Å². The van der Waals surface area contributed by atoms with Crippen LogP contribution in [0.1, 0.15) is 12.8 Å². The maximum Gasteiger partial charge on any atom is 0.271 e. The van der Waals surface area contributed by atoms with Crippen LogP contribution in [0.25, 0.3) is 0 Å². The van der Waals surface area contributed by atoms with Crippen LogP contribution in [-0.2, 0) is 14.8 Å². The number of methoxy groups -OCH3 is 1. The average molecular weight is 352 g/mol. The summed E-state index contributed by atoms with van der Waals surface area (Å²) in [4.78, 5) is 13.6. The molecule has 1 aromatic carbocycles. The zero-order chi connectivity index (χ0) is 16.4. The number of carbonyl (C=O) groups is 1. The van der Waals surface area contributed by atoms with E-state index in [1.807, 2.05) is 0 Å². The fourth-order valence-corrected chi connectivity index (χ4v) is 4.53. The van der Waals surface area contributed by atoms with E-state index < -0.39 is 10.0 Å². The molecule has 2 aromatic rings. The van der Waals surface area contributed by atoms with E-state index in [1.54, 1.807) is 40.6 Å². The number of hydrogen-bond acceptors (Lipinski definition) is 5. The van der Waals surface area contributed by atoms with Gasteiger partial charge in [-0.1, -0.05) is 6.07 Å². The fourth-order valence-electron chi connectivity index (χ4n) is 2.49. The highest BCUT2D eigenvalue weighted by Gasteiger charge is 2.25. The van der Waals surface area contributed by atoms with Gasteiger partial charge in [0.2, 0.25) is 5.91 Å². The van der Waals surface area contributed by atoms with Gasteiger partial charge in [-0.05, 0) is 36.1 Å². The molecule has 0 radical (unpaired) electrons. The molecule has 1 N–H and O–H groups in total. The summed E-state index contributed by atoms with van der Waals surface area (Å²) in [6.45, 7) is 0.607. The summed E-state index contributed by atoms with van der Waals surface area (Å²) in [5.74, 6) is 0.556. The number of ether oxygens (including phenoxy) is 1. The normalized spacial score (nSPS) is 15.0. The Balaban J connectivity index is 1.94. The lowest BCUT2D eigenvalue weighted by molar-refractivity contribution is -0.117. The van der Waals surface area contributed by atoms with Crippen molar-refractivity contribution in [1.82, 2.24) is 0 Å². The Morgan fingerprint density at radius 3 is 2.74 bits per heavy atom. The average Bonchev–Trinajstić information content (AvgIpc) is 3.18. The summed E-state index contributed by atoms with van der Waals surface area (Å²) >= 11 is 1.15. The van der Waals surface area contributed by atoms with Crippen molar-refractivity contribution >= 4 is 38.6 Å². The van der Waals surface area contributed by atoms with Gasteiger partial charge >= 0.3 is 0 Å². The molecule has 0 bridgehead atoms. The number of sulfonamides is 1. The molecule has 8 heteroatoms. The number of benzene rings is 1. The van der Waals surface area contributed by atoms with E-state index in [2.05, 4.69) is 4.72 Å². The van der Waals surface area contributed by atoms with Crippen LogP contribution < -0.4 is 14.4 Å². The Morgan fingerprint density at radius 2 is 2.13 bits per heavy atom. The smallest absolute Gasteiger partial charge is 0.271 e. The lowest BCUT2D eigenvalue weighted by Crippen LogP contribution is -2.24. The standard InChI is InChI=1S/C15H16N2O4S2/c1-21-13-7-6-11(10-12(13)17-8-2-4-14(17)18)16-23(19,20)15-5-3-9-22-15/h3,5-7,9-10,16H,2,4,8H2,1H3. The van der Waals surface area contributed by atoms with Gasteiger partial charge in [-0.15, -0.1) is 11.3 Å². The quantitative estimate of drug-likeness (QED) is 0.898. The molecule has 0 saturated carbocycles. The minimum Gasteiger partial charge on any atom is -0.495 e. The number of nitrogens with zero attached hydrogens (tertiary/aromatic N) is 1. The maximum atomic E-state index is 12.3. The van der Waals surface area contributed by atoms with Gasteiger partial charge in [0.1, 0.15) is 9.96 Å². The molecule has 6 nitrogen and oxygen atoms in total. The minimum atomic E-state index is -3.62. The summed E-state index contributed by atoms with van der Waals surface area (Å²) in [6.07, 6.45) is 1.28. The first-order valence-corrected chi connectivity index (χ1v) is 9.42. The Morgan fingerprint density at radius 1 is 1.30 bits per heavy atom. The molecule has 0 unspecified atom stereocenters. The Hall–Kier alpha value is -2.06. The molecule has 2 heterocycles. The van der Waals surface area contributed by atoms with Crippen LogP contribution in [0.15, 0.2) is 39.9 Å². The first-order valence-electron chi connectivity index (χ1n) is 7.06. The van der Waals surface area contributed by atoms with Crippen LogP contribution in [-0.4, -0.2) is 28.0 Å². The number of rotatable bonds is 5. The molecule has 0 aliphatic carbocycles. The Bertz CT molecular complexity index is 816. The monoisotopic (exact) mass is 352 g/mol. The van der Waals surface area contributed by atoms with E-state index in [1.165, 1.54) is 7.11 Å². The van der Waals surface area contributed by atoms with Gasteiger partial charge in [0.05, 0.1) is 18.5 Å². The van der Waals surface area contributed by atoms with Crippen molar-refractivity contribution < 1.29 is 17.9 Å². The van der Waals surface area contributed by atoms with Crippen molar-refractivity contribution in [2.75, 3.05) is 23.3 Å². The molecular weight excluding hydrogens is 336 g/mol. The molecule has 122 valence electrons. The van der Waals surface area contributed by atoms with Crippen molar-refractivity contribution in [3.8, 4) is 5.75 Å². The second-order valence-corrected chi connectivity index (χ2v) is 7.93. The number of anilines is 2. The number of thiophene rings is 1. The molecule has 0 spiro atoms. The van der Waals surface area contributed by atoms with Crippen molar-refractivity contribution in [3.05, 3.63) is 35.7 Å². The lowest BCUT2D eigenvalue weighted by atomic mass is 10.2. The highest BCUT2D eigenvalue weighted by molar-refractivity contribution is 7.94. The third-order valence-electron chi connectivity index (χ3n) is 3.56. The highest BCUT2D eigenvalue weighted by atomic mass is 32.2. The second-order valence-electron chi connectivity index (χ2n) is 5.07. The van der Waals surface area contributed by atoms with Crippen LogP contribution in [0, 0.1) is 0 Å². The largest absolute Gasteiger partial charge is 0.495 e. The lowest BCUT2D eigenvalue weighted by Gasteiger charge is -2.20. The van der Waals surface area contributed by atoms with Gasteiger partial charge in [-0.25, -0.2) is 8.42 Å². The molecule has 23 heavy (non-hydrogen) atoms. The second kappa shape index (κ2) is 6.21. The van der Waals surface area contributed by atoms with Gasteiger partial charge < -0.3 is 9.64 Å². The fraction of sp³-hybridized carbons (Fsp3) is 0.267. The molecule has 0 atom stereocenters. The van der Waals surface area contributed by atoms with Crippen LogP contribution in [0.2, 0.25) is 0 Å². The molecule has 1 saturated heterocycles. The molecule has 1 fully saturated rings. The zero-order valence-corrected chi connectivity index (χ0v) is 14.1. The first-order chi connectivity index (χ1) is 11.0. The van der Waals surface area contributed by atoms with E-state index in [0.29, 0.717) is 30.1 Å². The van der Waals surface area contributed by atoms with Crippen LogP contribution in [0.3, 0.4) is 0 Å². The first kappa shape index (κ1) is 15.8. The van der Waals surface area contributed by atoms with E-state index in [4.69, 9.17) is 4.74 Å². The third-order valence-corrected chi connectivity index (χ3v) is 6.33. The topological polar surface area (TPSA) is 75.7 Å². The Labute approximate surface area is 138 Å². The molecule has 1 aliphatic heterocycles. The summed E-state index contributed by atoms with van der Waals surface area (Å²) in [5.41, 5.74) is 0.982. The van der Waals surface area contributed by atoms with E-state index >= 15 is 0 Å². The molecule has 1 amide bonds. The predicted molar refractivity (Wildman–Crippen MR) is 89.7 cm³/mol. The van der Waals surface area contributed by atoms with Gasteiger partial charge in [0.25, 0.3) is 10.0 Å².